The largest absolute Gasteiger partial charge is 0.494 e. The zero-order valence-electron chi connectivity index (χ0n) is 12.8. The summed E-state index contributed by atoms with van der Waals surface area (Å²) in [6, 6.07) is 8.18. The number of rotatable bonds is 8. The molecule has 0 aliphatic carbocycles. The van der Waals surface area contributed by atoms with Crippen molar-refractivity contribution in [1.82, 2.24) is 10.2 Å². The highest BCUT2D eigenvalue weighted by molar-refractivity contribution is 5.69. The molecule has 5 heteroatoms. The molecule has 0 radical (unpaired) electrons. The first-order valence-corrected chi connectivity index (χ1v) is 7.62. The van der Waals surface area contributed by atoms with Crippen LogP contribution in [-0.4, -0.2) is 43.8 Å². The Kier molecular flexibility index (Phi) is 5.87. The Morgan fingerprint density at radius 1 is 1.33 bits per heavy atom. The summed E-state index contributed by atoms with van der Waals surface area (Å²) in [6.45, 7) is 7.47. The molecule has 1 aromatic carbocycles. The van der Waals surface area contributed by atoms with E-state index in [1.807, 2.05) is 19.1 Å². The Bertz CT molecular complexity index is 447. The SMILES string of the molecule is CCCNC(CN1CCOC1=O)c1ccc(OCC)cc1. The van der Waals surface area contributed by atoms with Gasteiger partial charge in [-0.05, 0) is 37.6 Å². The molecule has 0 bridgehead atoms. The molecule has 1 heterocycles. The van der Waals surface area contributed by atoms with Crippen molar-refractivity contribution in [3.05, 3.63) is 29.8 Å². The average Bonchev–Trinajstić information content (AvgIpc) is 2.90. The second kappa shape index (κ2) is 7.88. The van der Waals surface area contributed by atoms with Gasteiger partial charge in [0.2, 0.25) is 0 Å². The number of carbonyl (C=O) groups is 1. The van der Waals surface area contributed by atoms with E-state index in [1.165, 1.54) is 0 Å². The van der Waals surface area contributed by atoms with Gasteiger partial charge in [0, 0.05) is 6.54 Å². The third-order valence-electron chi connectivity index (χ3n) is 3.48. The Labute approximate surface area is 126 Å². The molecule has 1 saturated heterocycles. The summed E-state index contributed by atoms with van der Waals surface area (Å²) >= 11 is 0. The standard InChI is InChI=1S/C16H24N2O3/c1-3-9-17-15(12-18-10-11-21-16(18)19)13-5-7-14(8-6-13)20-4-2/h5-8,15,17H,3-4,9-12H2,1-2H3. The lowest BCUT2D eigenvalue weighted by Crippen LogP contribution is -2.36. The summed E-state index contributed by atoms with van der Waals surface area (Å²) in [7, 11) is 0. The molecular weight excluding hydrogens is 268 g/mol. The van der Waals surface area contributed by atoms with Crippen LogP contribution >= 0.6 is 0 Å². The third-order valence-corrected chi connectivity index (χ3v) is 3.48. The highest BCUT2D eigenvalue weighted by atomic mass is 16.6. The van der Waals surface area contributed by atoms with Gasteiger partial charge < -0.3 is 19.7 Å². The van der Waals surface area contributed by atoms with E-state index < -0.39 is 0 Å². The molecule has 5 nitrogen and oxygen atoms in total. The van der Waals surface area contributed by atoms with E-state index in [1.54, 1.807) is 4.90 Å². The molecular formula is C16H24N2O3. The minimum absolute atomic E-state index is 0.117. The normalized spacial score (nSPS) is 15.9. The molecule has 1 aromatic rings. The Morgan fingerprint density at radius 2 is 2.10 bits per heavy atom. The van der Waals surface area contributed by atoms with Gasteiger partial charge in [-0.3, -0.25) is 0 Å². The summed E-state index contributed by atoms with van der Waals surface area (Å²) in [6.07, 6.45) is 0.835. The molecule has 1 N–H and O–H groups in total. The van der Waals surface area contributed by atoms with Gasteiger partial charge in [0.25, 0.3) is 0 Å². The van der Waals surface area contributed by atoms with E-state index in [-0.39, 0.29) is 12.1 Å². The lowest BCUT2D eigenvalue weighted by Gasteiger charge is -2.23. The van der Waals surface area contributed by atoms with E-state index >= 15 is 0 Å². The second-order valence-electron chi connectivity index (χ2n) is 5.07. The van der Waals surface area contributed by atoms with Crippen LogP contribution in [0.25, 0.3) is 0 Å². The van der Waals surface area contributed by atoms with Gasteiger partial charge in [0.1, 0.15) is 12.4 Å². The number of nitrogens with one attached hydrogen (secondary N) is 1. The fourth-order valence-electron chi connectivity index (χ4n) is 2.38. The van der Waals surface area contributed by atoms with Crippen molar-refractivity contribution < 1.29 is 14.3 Å². The fourth-order valence-corrected chi connectivity index (χ4v) is 2.38. The van der Waals surface area contributed by atoms with Gasteiger partial charge in [0.15, 0.2) is 0 Å². The number of carbonyl (C=O) groups excluding carboxylic acids is 1. The van der Waals surface area contributed by atoms with Gasteiger partial charge in [-0.2, -0.15) is 0 Å². The van der Waals surface area contributed by atoms with Crippen molar-refractivity contribution in [2.24, 2.45) is 0 Å². The second-order valence-corrected chi connectivity index (χ2v) is 5.07. The first-order valence-electron chi connectivity index (χ1n) is 7.62. The van der Waals surface area contributed by atoms with Gasteiger partial charge in [-0.15, -0.1) is 0 Å². The number of amides is 1. The van der Waals surface area contributed by atoms with Crippen LogP contribution in [0.4, 0.5) is 4.79 Å². The van der Waals surface area contributed by atoms with Gasteiger partial charge in [-0.25, -0.2) is 4.79 Å². The van der Waals surface area contributed by atoms with Crippen LogP contribution in [0.3, 0.4) is 0 Å². The fraction of sp³-hybridized carbons (Fsp3) is 0.562. The molecule has 21 heavy (non-hydrogen) atoms. The maximum Gasteiger partial charge on any atom is 0.410 e. The summed E-state index contributed by atoms with van der Waals surface area (Å²) in [5.74, 6) is 0.871. The van der Waals surface area contributed by atoms with E-state index in [4.69, 9.17) is 9.47 Å². The van der Waals surface area contributed by atoms with Gasteiger partial charge >= 0.3 is 6.09 Å². The molecule has 0 saturated carbocycles. The van der Waals surface area contributed by atoms with Crippen LogP contribution in [0.2, 0.25) is 0 Å². The van der Waals surface area contributed by atoms with Crippen molar-refractivity contribution in [2.75, 3.05) is 32.8 Å². The Balaban J connectivity index is 2.05. The zero-order valence-corrected chi connectivity index (χ0v) is 12.8. The van der Waals surface area contributed by atoms with Crippen LogP contribution in [0, 0.1) is 0 Å². The van der Waals surface area contributed by atoms with Crippen LogP contribution in [0.5, 0.6) is 5.75 Å². The number of hydrogen-bond donors (Lipinski definition) is 1. The lowest BCUT2D eigenvalue weighted by molar-refractivity contribution is 0.155. The minimum atomic E-state index is -0.218. The van der Waals surface area contributed by atoms with Crippen molar-refractivity contribution in [3.8, 4) is 5.75 Å². The molecule has 1 fully saturated rings. The number of hydrogen-bond acceptors (Lipinski definition) is 4. The Hall–Kier alpha value is -1.75. The molecule has 1 aliphatic rings. The first-order chi connectivity index (χ1) is 10.2. The molecule has 0 spiro atoms. The number of nitrogens with zero attached hydrogens (tertiary/aromatic N) is 1. The molecule has 0 aromatic heterocycles. The van der Waals surface area contributed by atoms with Crippen LogP contribution in [0.15, 0.2) is 24.3 Å². The van der Waals surface area contributed by atoms with Crippen LogP contribution < -0.4 is 10.1 Å². The maximum atomic E-state index is 11.6. The number of benzene rings is 1. The van der Waals surface area contributed by atoms with E-state index in [9.17, 15) is 4.79 Å². The monoisotopic (exact) mass is 292 g/mol. The molecule has 1 aliphatic heterocycles. The molecule has 116 valence electrons. The van der Waals surface area contributed by atoms with Crippen molar-refractivity contribution in [1.29, 1.82) is 0 Å². The topological polar surface area (TPSA) is 50.8 Å². The number of cyclic esters (lactones) is 1. The average molecular weight is 292 g/mol. The summed E-state index contributed by atoms with van der Waals surface area (Å²) in [4.78, 5) is 13.4. The van der Waals surface area contributed by atoms with Gasteiger partial charge in [-0.1, -0.05) is 19.1 Å². The molecule has 2 rings (SSSR count). The quantitative estimate of drug-likeness (QED) is 0.800. The molecule has 1 atom stereocenters. The smallest absolute Gasteiger partial charge is 0.410 e. The maximum absolute atomic E-state index is 11.6. The lowest BCUT2D eigenvalue weighted by atomic mass is 10.1. The van der Waals surface area contributed by atoms with E-state index in [0.717, 1.165) is 24.3 Å². The Morgan fingerprint density at radius 3 is 2.67 bits per heavy atom. The summed E-state index contributed by atoms with van der Waals surface area (Å²) < 4.78 is 10.5. The summed E-state index contributed by atoms with van der Waals surface area (Å²) in [5.41, 5.74) is 1.16. The van der Waals surface area contributed by atoms with Crippen molar-refractivity contribution in [3.63, 3.8) is 0 Å². The first kappa shape index (κ1) is 15.6. The summed E-state index contributed by atoms with van der Waals surface area (Å²) in [5, 5.41) is 3.49. The van der Waals surface area contributed by atoms with Crippen LogP contribution in [-0.2, 0) is 4.74 Å². The van der Waals surface area contributed by atoms with Crippen molar-refractivity contribution in [2.45, 2.75) is 26.3 Å². The highest BCUT2D eigenvalue weighted by Crippen LogP contribution is 2.20. The highest BCUT2D eigenvalue weighted by Gasteiger charge is 2.25. The molecule has 1 unspecified atom stereocenters. The zero-order chi connectivity index (χ0) is 15.1. The number of ether oxygens (including phenoxy) is 2. The van der Waals surface area contributed by atoms with E-state index in [0.29, 0.717) is 26.3 Å². The molecule has 1 amide bonds. The predicted molar refractivity (Wildman–Crippen MR) is 81.6 cm³/mol. The third kappa shape index (κ3) is 4.36. The van der Waals surface area contributed by atoms with Crippen molar-refractivity contribution >= 4 is 6.09 Å². The van der Waals surface area contributed by atoms with Crippen LogP contribution in [0.1, 0.15) is 31.9 Å². The minimum Gasteiger partial charge on any atom is -0.494 e. The predicted octanol–water partition coefficient (Wildman–Crippen LogP) is 2.58. The van der Waals surface area contributed by atoms with Gasteiger partial charge in [0.05, 0.1) is 19.2 Å². The van der Waals surface area contributed by atoms with E-state index in [2.05, 4.69) is 24.4 Å².